The van der Waals surface area contributed by atoms with E-state index in [1.807, 2.05) is 60.7 Å². The van der Waals surface area contributed by atoms with Crippen LogP contribution in [-0.2, 0) is 0 Å². The maximum atomic E-state index is 9.87. The number of hydrogen-bond acceptors (Lipinski definition) is 2. The van der Waals surface area contributed by atoms with Gasteiger partial charge < -0.3 is 9.13 Å². The lowest BCUT2D eigenvalue weighted by atomic mass is 10.00. The zero-order chi connectivity index (χ0) is 29.5. The number of aromatic nitrogens is 2. The second kappa shape index (κ2) is 10.4. The molecule has 2 aromatic heterocycles. The monoisotopic (exact) mass is 550 g/mol. The van der Waals surface area contributed by atoms with E-state index in [0.717, 1.165) is 66.5 Å². The first-order valence-electron chi connectivity index (χ1n) is 14.1. The normalized spacial score (nSPS) is 11.3. The SMILES string of the molecule is C=C/C=C\c1c(C)c2cc(-c3ccc4c(c3)c3ccccc3n4-c3ccccc3C#N)ccc2n1-c1ccccc1C#N. The van der Waals surface area contributed by atoms with Crippen molar-refractivity contribution in [2.24, 2.45) is 0 Å². The maximum absolute atomic E-state index is 9.87. The highest BCUT2D eigenvalue weighted by Crippen LogP contribution is 2.38. The third kappa shape index (κ3) is 4.05. The van der Waals surface area contributed by atoms with Crippen LogP contribution in [0.4, 0.5) is 0 Å². The molecule has 4 heteroatoms. The lowest BCUT2D eigenvalue weighted by molar-refractivity contribution is 1.09. The summed E-state index contributed by atoms with van der Waals surface area (Å²) < 4.78 is 4.35. The molecule has 0 atom stereocenters. The van der Waals surface area contributed by atoms with Crippen LogP contribution in [0.25, 0.3) is 61.3 Å². The molecule has 0 amide bonds. The summed E-state index contributed by atoms with van der Waals surface area (Å²) in [6, 6.07) is 41.6. The Balaban J connectivity index is 1.45. The minimum atomic E-state index is 0.622. The molecular formula is C39H26N4. The number of nitrogens with zero attached hydrogens (tertiary/aromatic N) is 4. The van der Waals surface area contributed by atoms with Crippen LogP contribution in [0.2, 0.25) is 0 Å². The van der Waals surface area contributed by atoms with Crippen LogP contribution >= 0.6 is 0 Å². The van der Waals surface area contributed by atoms with Crippen LogP contribution in [0.5, 0.6) is 0 Å². The number of nitriles is 2. The van der Waals surface area contributed by atoms with E-state index in [1.54, 1.807) is 6.08 Å². The van der Waals surface area contributed by atoms with E-state index < -0.39 is 0 Å². The molecule has 2 heterocycles. The minimum absolute atomic E-state index is 0.622. The van der Waals surface area contributed by atoms with Crippen molar-refractivity contribution in [2.75, 3.05) is 0 Å². The van der Waals surface area contributed by atoms with Crippen LogP contribution in [0, 0.1) is 29.6 Å². The maximum Gasteiger partial charge on any atom is 0.101 e. The topological polar surface area (TPSA) is 57.4 Å². The van der Waals surface area contributed by atoms with Gasteiger partial charge in [0.2, 0.25) is 0 Å². The van der Waals surface area contributed by atoms with Gasteiger partial charge in [-0.15, -0.1) is 0 Å². The Kier molecular flexibility index (Phi) is 6.24. The minimum Gasteiger partial charge on any atom is -0.308 e. The largest absolute Gasteiger partial charge is 0.308 e. The molecule has 0 saturated carbocycles. The molecule has 0 aliphatic carbocycles. The number of benzene rings is 5. The average Bonchev–Trinajstić information content (AvgIpc) is 3.54. The standard InChI is InChI=1S/C39H26N4/c1-3-4-14-34-26(2)32-22-27(18-20-38(32)42(34)35-15-8-5-11-29(35)24-40)28-19-21-39-33(23-28)31-13-7-10-17-37(31)43(39)36-16-9-6-12-30(36)25-41/h3-23H,1H2,2H3/b14-4-. The predicted molar refractivity (Wildman–Crippen MR) is 176 cm³/mol. The van der Waals surface area contributed by atoms with Gasteiger partial charge in [0.05, 0.1) is 39.1 Å². The summed E-state index contributed by atoms with van der Waals surface area (Å²) in [6.07, 6.45) is 5.75. The molecule has 202 valence electrons. The van der Waals surface area contributed by atoms with Gasteiger partial charge in [0.25, 0.3) is 0 Å². The summed E-state index contributed by atoms with van der Waals surface area (Å²) >= 11 is 0. The van der Waals surface area contributed by atoms with Gasteiger partial charge in [0.15, 0.2) is 0 Å². The molecule has 0 fully saturated rings. The number of fused-ring (bicyclic) bond motifs is 4. The number of hydrogen-bond donors (Lipinski definition) is 0. The zero-order valence-corrected chi connectivity index (χ0v) is 23.6. The lowest BCUT2D eigenvalue weighted by Crippen LogP contribution is -2.00. The summed E-state index contributed by atoms with van der Waals surface area (Å²) in [5.41, 5.74) is 10.5. The summed E-state index contributed by atoms with van der Waals surface area (Å²) in [6.45, 7) is 5.99. The number of rotatable bonds is 5. The van der Waals surface area contributed by atoms with E-state index >= 15 is 0 Å². The highest BCUT2D eigenvalue weighted by Gasteiger charge is 2.18. The van der Waals surface area contributed by atoms with Gasteiger partial charge in [0, 0.05) is 21.9 Å². The second-order valence-electron chi connectivity index (χ2n) is 10.5. The number of allylic oxidation sites excluding steroid dienone is 2. The van der Waals surface area contributed by atoms with Crippen molar-refractivity contribution < 1.29 is 0 Å². The Morgan fingerprint density at radius 2 is 1.14 bits per heavy atom. The smallest absolute Gasteiger partial charge is 0.101 e. The molecule has 0 bridgehead atoms. The summed E-state index contributed by atoms with van der Waals surface area (Å²) in [5, 5.41) is 23.1. The molecule has 0 unspecified atom stereocenters. The second-order valence-corrected chi connectivity index (χ2v) is 10.5. The van der Waals surface area contributed by atoms with E-state index in [1.165, 1.54) is 0 Å². The van der Waals surface area contributed by atoms with Crippen LogP contribution < -0.4 is 0 Å². The van der Waals surface area contributed by atoms with Gasteiger partial charge in [-0.2, -0.15) is 10.5 Å². The van der Waals surface area contributed by atoms with Crippen molar-refractivity contribution >= 4 is 38.8 Å². The molecule has 0 radical (unpaired) electrons. The molecular weight excluding hydrogens is 524 g/mol. The highest BCUT2D eigenvalue weighted by atomic mass is 15.0. The van der Waals surface area contributed by atoms with E-state index in [0.29, 0.717) is 11.1 Å². The van der Waals surface area contributed by atoms with Crippen molar-refractivity contribution in [3.63, 3.8) is 0 Å². The summed E-state index contributed by atoms with van der Waals surface area (Å²) in [7, 11) is 0. The molecule has 5 aromatic carbocycles. The molecule has 0 N–H and O–H groups in total. The molecule has 0 aliphatic heterocycles. The molecule has 0 saturated heterocycles. The Labute approximate surface area is 249 Å². The van der Waals surface area contributed by atoms with E-state index in [2.05, 4.69) is 95.4 Å². The van der Waals surface area contributed by atoms with Crippen molar-refractivity contribution in [1.29, 1.82) is 10.5 Å². The van der Waals surface area contributed by atoms with Crippen LogP contribution in [0.3, 0.4) is 0 Å². The number of aryl methyl sites for hydroxylation is 1. The van der Waals surface area contributed by atoms with E-state index in [-0.39, 0.29) is 0 Å². The molecule has 7 aromatic rings. The van der Waals surface area contributed by atoms with Crippen molar-refractivity contribution in [3.8, 4) is 34.6 Å². The van der Waals surface area contributed by atoms with Gasteiger partial charge in [0.1, 0.15) is 12.1 Å². The van der Waals surface area contributed by atoms with Crippen molar-refractivity contribution in [1.82, 2.24) is 9.13 Å². The fourth-order valence-electron chi connectivity index (χ4n) is 6.20. The molecule has 4 nitrogen and oxygen atoms in total. The van der Waals surface area contributed by atoms with Crippen molar-refractivity contribution in [2.45, 2.75) is 6.92 Å². The van der Waals surface area contributed by atoms with Crippen molar-refractivity contribution in [3.05, 3.63) is 150 Å². The van der Waals surface area contributed by atoms with Gasteiger partial charge in [-0.1, -0.05) is 73.3 Å². The first kappa shape index (κ1) is 25.8. The Bertz CT molecular complexity index is 2350. The first-order chi connectivity index (χ1) is 21.1. The zero-order valence-electron chi connectivity index (χ0n) is 23.6. The van der Waals surface area contributed by atoms with Gasteiger partial charge in [-0.3, -0.25) is 0 Å². The van der Waals surface area contributed by atoms with Crippen LogP contribution in [0.15, 0.2) is 128 Å². The molecule has 7 rings (SSSR count). The Morgan fingerprint density at radius 1 is 0.605 bits per heavy atom. The molecule has 43 heavy (non-hydrogen) atoms. The van der Waals surface area contributed by atoms with Crippen LogP contribution in [0.1, 0.15) is 22.4 Å². The van der Waals surface area contributed by atoms with Gasteiger partial charge in [-0.25, -0.2) is 0 Å². The van der Waals surface area contributed by atoms with E-state index in [9.17, 15) is 10.5 Å². The molecule has 0 aliphatic rings. The van der Waals surface area contributed by atoms with Gasteiger partial charge >= 0.3 is 0 Å². The third-order valence-electron chi connectivity index (χ3n) is 8.19. The summed E-state index contributed by atoms with van der Waals surface area (Å²) in [4.78, 5) is 0. The Morgan fingerprint density at radius 3 is 1.79 bits per heavy atom. The van der Waals surface area contributed by atoms with E-state index in [4.69, 9.17) is 0 Å². The summed E-state index contributed by atoms with van der Waals surface area (Å²) in [5.74, 6) is 0. The fraction of sp³-hybridized carbons (Fsp3) is 0.0256. The van der Waals surface area contributed by atoms with Crippen LogP contribution in [-0.4, -0.2) is 9.13 Å². The average molecular weight is 551 g/mol. The number of para-hydroxylation sites is 3. The third-order valence-corrected chi connectivity index (χ3v) is 8.19. The molecule has 0 spiro atoms. The lowest BCUT2D eigenvalue weighted by Gasteiger charge is -2.11. The predicted octanol–water partition coefficient (Wildman–Crippen LogP) is 9.65. The quantitative estimate of drug-likeness (QED) is 0.200. The van der Waals surface area contributed by atoms with Gasteiger partial charge in [-0.05, 0) is 84.3 Å². The fourth-order valence-corrected chi connectivity index (χ4v) is 6.20. The first-order valence-corrected chi connectivity index (χ1v) is 14.1. The highest BCUT2D eigenvalue weighted by molar-refractivity contribution is 6.10. The Hall–Kier alpha value is -6.10.